The van der Waals surface area contributed by atoms with Crippen LogP contribution in [0.15, 0.2) is 24.3 Å². The van der Waals surface area contributed by atoms with E-state index >= 15 is 0 Å². The number of hydrogen-bond acceptors (Lipinski definition) is 2. The van der Waals surface area contributed by atoms with E-state index in [2.05, 4.69) is 0 Å². The quantitative estimate of drug-likeness (QED) is 0.850. The van der Waals surface area contributed by atoms with Crippen LogP contribution in [-0.4, -0.2) is 35.6 Å². The van der Waals surface area contributed by atoms with Crippen LogP contribution < -0.4 is 0 Å². The van der Waals surface area contributed by atoms with Gasteiger partial charge >= 0.3 is 0 Å². The van der Waals surface area contributed by atoms with Crippen molar-refractivity contribution in [1.82, 2.24) is 4.90 Å². The van der Waals surface area contributed by atoms with E-state index in [1.807, 2.05) is 0 Å². The second-order valence-electron chi connectivity index (χ2n) is 4.45. The summed E-state index contributed by atoms with van der Waals surface area (Å²) in [6.45, 7) is 1.35. The van der Waals surface area contributed by atoms with Crippen molar-refractivity contribution < 1.29 is 14.3 Å². The average molecular weight is 237 g/mol. The summed E-state index contributed by atoms with van der Waals surface area (Å²) >= 11 is 0. The fraction of sp³-hybridized carbons (Fsp3) is 0.462. The van der Waals surface area contributed by atoms with E-state index in [1.54, 1.807) is 11.0 Å². The van der Waals surface area contributed by atoms with Gasteiger partial charge in [0.2, 0.25) is 0 Å². The van der Waals surface area contributed by atoms with Crippen LogP contribution >= 0.6 is 0 Å². The summed E-state index contributed by atoms with van der Waals surface area (Å²) in [4.78, 5) is 13.8. The van der Waals surface area contributed by atoms with Crippen molar-refractivity contribution in [2.24, 2.45) is 5.92 Å². The van der Waals surface area contributed by atoms with E-state index < -0.39 is 5.82 Å². The number of aliphatic hydroxyl groups is 1. The van der Waals surface area contributed by atoms with Gasteiger partial charge in [-0.3, -0.25) is 4.79 Å². The molecule has 1 aliphatic rings. The van der Waals surface area contributed by atoms with Crippen LogP contribution in [0.3, 0.4) is 0 Å². The minimum absolute atomic E-state index is 0.104. The molecule has 17 heavy (non-hydrogen) atoms. The topological polar surface area (TPSA) is 40.5 Å². The van der Waals surface area contributed by atoms with Crippen molar-refractivity contribution in [1.29, 1.82) is 0 Å². The standard InChI is InChI=1S/C13H16FNO2/c14-12-5-1-4-11(7-12)13(17)15-6-2-3-10(8-15)9-16/h1,4-5,7,10,16H,2-3,6,8-9H2. The smallest absolute Gasteiger partial charge is 0.253 e. The maximum atomic E-state index is 13.0. The molecular formula is C13H16FNO2. The van der Waals surface area contributed by atoms with Gasteiger partial charge in [-0.1, -0.05) is 6.07 Å². The Labute approximate surface area is 99.9 Å². The maximum absolute atomic E-state index is 13.0. The molecule has 0 saturated carbocycles. The van der Waals surface area contributed by atoms with Gasteiger partial charge in [0.1, 0.15) is 5.82 Å². The average Bonchev–Trinajstić information content (AvgIpc) is 2.38. The predicted molar refractivity (Wildman–Crippen MR) is 62.1 cm³/mol. The Balaban J connectivity index is 2.09. The summed E-state index contributed by atoms with van der Waals surface area (Å²) in [5, 5.41) is 9.11. The lowest BCUT2D eigenvalue weighted by molar-refractivity contribution is 0.0620. The van der Waals surface area contributed by atoms with Gasteiger partial charge in [-0.2, -0.15) is 0 Å². The Morgan fingerprint density at radius 2 is 2.35 bits per heavy atom. The van der Waals surface area contributed by atoms with E-state index in [1.165, 1.54) is 18.2 Å². The second kappa shape index (κ2) is 5.27. The lowest BCUT2D eigenvalue weighted by atomic mass is 9.98. The van der Waals surface area contributed by atoms with Crippen molar-refractivity contribution in [3.05, 3.63) is 35.6 Å². The van der Waals surface area contributed by atoms with E-state index in [0.717, 1.165) is 12.8 Å². The first-order valence-electron chi connectivity index (χ1n) is 5.86. The Hall–Kier alpha value is -1.42. The van der Waals surface area contributed by atoms with Crippen LogP contribution in [-0.2, 0) is 0 Å². The predicted octanol–water partition coefficient (Wildman–Crippen LogP) is 1.67. The van der Waals surface area contributed by atoms with Crippen LogP contribution in [0.1, 0.15) is 23.2 Å². The highest BCUT2D eigenvalue weighted by Gasteiger charge is 2.23. The van der Waals surface area contributed by atoms with E-state index in [0.29, 0.717) is 18.7 Å². The van der Waals surface area contributed by atoms with Crippen LogP contribution in [0.4, 0.5) is 4.39 Å². The molecule has 0 bridgehead atoms. The van der Waals surface area contributed by atoms with Gasteiger partial charge in [-0.15, -0.1) is 0 Å². The SMILES string of the molecule is O=C(c1cccc(F)c1)N1CCCC(CO)C1. The van der Waals surface area contributed by atoms with Gasteiger partial charge in [-0.05, 0) is 37.0 Å². The summed E-state index contributed by atoms with van der Waals surface area (Å²) in [5.41, 5.74) is 0.378. The van der Waals surface area contributed by atoms with Gasteiger partial charge in [0.15, 0.2) is 0 Å². The largest absolute Gasteiger partial charge is 0.396 e. The molecule has 4 heteroatoms. The van der Waals surface area contributed by atoms with E-state index in [4.69, 9.17) is 5.11 Å². The Morgan fingerprint density at radius 1 is 1.53 bits per heavy atom. The van der Waals surface area contributed by atoms with Crippen LogP contribution in [0.5, 0.6) is 0 Å². The van der Waals surface area contributed by atoms with E-state index in [-0.39, 0.29) is 18.4 Å². The molecule has 1 aromatic carbocycles. The number of hydrogen-bond donors (Lipinski definition) is 1. The Morgan fingerprint density at radius 3 is 3.06 bits per heavy atom. The normalized spacial score (nSPS) is 20.4. The number of piperidine rings is 1. The van der Waals surface area contributed by atoms with Gasteiger partial charge in [0, 0.05) is 25.3 Å². The zero-order valence-electron chi connectivity index (χ0n) is 9.60. The third kappa shape index (κ3) is 2.82. The number of carbonyl (C=O) groups is 1. The maximum Gasteiger partial charge on any atom is 0.253 e. The molecule has 0 aromatic heterocycles. The molecule has 0 spiro atoms. The number of halogens is 1. The van der Waals surface area contributed by atoms with E-state index in [9.17, 15) is 9.18 Å². The number of benzene rings is 1. The zero-order chi connectivity index (χ0) is 12.3. The molecule has 1 aliphatic heterocycles. The van der Waals surface area contributed by atoms with Crippen LogP contribution in [0, 0.1) is 11.7 Å². The molecule has 2 rings (SSSR count). The summed E-state index contributed by atoms with van der Waals surface area (Å²) in [5.74, 6) is -0.393. The van der Waals surface area contributed by atoms with Gasteiger partial charge in [0.25, 0.3) is 5.91 Å². The molecule has 1 unspecified atom stereocenters. The number of amides is 1. The highest BCUT2D eigenvalue weighted by Crippen LogP contribution is 2.18. The van der Waals surface area contributed by atoms with Gasteiger partial charge in [-0.25, -0.2) is 4.39 Å². The molecule has 1 fully saturated rings. The first-order chi connectivity index (χ1) is 8.20. The second-order valence-corrected chi connectivity index (χ2v) is 4.45. The fourth-order valence-corrected chi connectivity index (χ4v) is 2.20. The third-order valence-electron chi connectivity index (χ3n) is 3.14. The molecule has 1 atom stereocenters. The number of carbonyl (C=O) groups excluding carboxylic acids is 1. The molecule has 1 amide bonds. The third-order valence-corrected chi connectivity index (χ3v) is 3.14. The fourth-order valence-electron chi connectivity index (χ4n) is 2.20. The lowest BCUT2D eigenvalue weighted by Gasteiger charge is -2.31. The molecule has 3 nitrogen and oxygen atoms in total. The first kappa shape index (κ1) is 12.0. The molecule has 1 saturated heterocycles. The highest BCUT2D eigenvalue weighted by molar-refractivity contribution is 5.94. The van der Waals surface area contributed by atoms with Crippen molar-refractivity contribution >= 4 is 5.91 Å². The number of aliphatic hydroxyl groups excluding tert-OH is 1. The summed E-state index contributed by atoms with van der Waals surface area (Å²) < 4.78 is 13.0. The number of rotatable bonds is 2. The molecule has 0 aliphatic carbocycles. The summed E-state index contributed by atoms with van der Waals surface area (Å²) in [6, 6.07) is 5.73. The van der Waals surface area contributed by atoms with Crippen molar-refractivity contribution in [3.63, 3.8) is 0 Å². The number of nitrogens with zero attached hydrogens (tertiary/aromatic N) is 1. The molecule has 1 heterocycles. The minimum atomic E-state index is -0.397. The van der Waals surface area contributed by atoms with Crippen molar-refractivity contribution in [2.45, 2.75) is 12.8 Å². The summed E-state index contributed by atoms with van der Waals surface area (Å²) in [7, 11) is 0. The van der Waals surface area contributed by atoms with Gasteiger partial charge in [0.05, 0.1) is 0 Å². The first-order valence-corrected chi connectivity index (χ1v) is 5.86. The minimum Gasteiger partial charge on any atom is -0.396 e. The zero-order valence-corrected chi connectivity index (χ0v) is 9.60. The molecule has 0 radical (unpaired) electrons. The monoisotopic (exact) mass is 237 g/mol. The van der Waals surface area contributed by atoms with Crippen LogP contribution in [0.25, 0.3) is 0 Å². The number of likely N-dealkylation sites (tertiary alicyclic amines) is 1. The molecule has 92 valence electrons. The molecule has 1 N–H and O–H groups in total. The Kier molecular flexibility index (Phi) is 3.74. The van der Waals surface area contributed by atoms with Crippen molar-refractivity contribution in [3.8, 4) is 0 Å². The highest BCUT2D eigenvalue weighted by atomic mass is 19.1. The molecular weight excluding hydrogens is 221 g/mol. The van der Waals surface area contributed by atoms with Gasteiger partial charge < -0.3 is 10.0 Å². The Bertz CT molecular complexity index is 408. The lowest BCUT2D eigenvalue weighted by Crippen LogP contribution is -2.40. The van der Waals surface area contributed by atoms with Crippen LogP contribution in [0.2, 0.25) is 0 Å². The molecule has 1 aromatic rings. The summed E-state index contributed by atoms with van der Waals surface area (Å²) in [6.07, 6.45) is 1.84. The van der Waals surface area contributed by atoms with Crippen molar-refractivity contribution in [2.75, 3.05) is 19.7 Å².